The average Bonchev–Trinajstić information content (AvgIpc) is 3.12. The molecular weight excluding hydrogens is 466 g/mol. The van der Waals surface area contributed by atoms with E-state index in [1.165, 1.54) is 23.0 Å². The lowest BCUT2D eigenvalue weighted by Gasteiger charge is -2.47. The summed E-state index contributed by atoms with van der Waals surface area (Å²) in [5.74, 6) is 1.05. The van der Waals surface area contributed by atoms with Gasteiger partial charge in [0.1, 0.15) is 5.75 Å². The Labute approximate surface area is 211 Å². The van der Waals surface area contributed by atoms with Gasteiger partial charge in [-0.25, -0.2) is 4.99 Å². The van der Waals surface area contributed by atoms with Crippen molar-refractivity contribution >= 4 is 51.9 Å². The molecule has 1 N–H and O–H groups in total. The van der Waals surface area contributed by atoms with E-state index < -0.39 is 0 Å². The molecule has 0 spiro atoms. The standard InChI is InChI=1S/C27H32ClN3O2S/c1-6-12-31-23-15-22(28)18(13-21(23)17(3)16-27(31,4)5)14-24-25(32)30-26(34-24)29-19-8-10-20(11-9-19)33-7-2/h8-11,13-15,17H,6-7,12,16H2,1-5H3,(H,29,30,32)/b24-14+. The van der Waals surface area contributed by atoms with E-state index in [1.54, 1.807) is 0 Å². The lowest BCUT2D eigenvalue weighted by molar-refractivity contribution is -0.115. The van der Waals surface area contributed by atoms with E-state index in [0.717, 1.165) is 36.4 Å². The normalized spacial score (nSPS) is 21.6. The second-order valence-electron chi connectivity index (χ2n) is 9.41. The third-order valence-electron chi connectivity index (χ3n) is 6.27. The second-order valence-corrected chi connectivity index (χ2v) is 10.8. The second kappa shape index (κ2) is 10.0. The smallest absolute Gasteiger partial charge is 0.264 e. The first kappa shape index (κ1) is 24.7. The van der Waals surface area contributed by atoms with Gasteiger partial charge in [0.15, 0.2) is 5.17 Å². The number of thioether (sulfide) groups is 1. The number of benzene rings is 2. The summed E-state index contributed by atoms with van der Waals surface area (Å²) in [4.78, 5) is 20.3. The number of rotatable bonds is 6. The molecule has 1 fully saturated rings. The largest absolute Gasteiger partial charge is 0.494 e. The molecule has 4 rings (SSSR count). The number of hydrogen-bond acceptors (Lipinski definition) is 5. The van der Waals surface area contributed by atoms with Gasteiger partial charge in [-0.1, -0.05) is 25.4 Å². The Bertz CT molecular complexity index is 1140. The molecular formula is C27H32ClN3O2S. The first-order chi connectivity index (χ1) is 16.2. The van der Waals surface area contributed by atoms with Crippen molar-refractivity contribution in [3.05, 3.63) is 57.5 Å². The Balaban J connectivity index is 1.61. The number of nitrogens with one attached hydrogen (secondary N) is 1. The Morgan fingerprint density at radius 1 is 1.26 bits per heavy atom. The average molecular weight is 498 g/mol. The van der Waals surface area contributed by atoms with Gasteiger partial charge in [-0.3, -0.25) is 4.79 Å². The summed E-state index contributed by atoms with van der Waals surface area (Å²) >= 11 is 8.07. The summed E-state index contributed by atoms with van der Waals surface area (Å²) in [5.41, 5.74) is 4.20. The first-order valence-corrected chi connectivity index (χ1v) is 13.0. The summed E-state index contributed by atoms with van der Waals surface area (Å²) in [5, 5.41) is 4.07. The zero-order valence-corrected chi connectivity index (χ0v) is 22.0. The molecule has 1 saturated heterocycles. The minimum atomic E-state index is -0.162. The summed E-state index contributed by atoms with van der Waals surface area (Å²) < 4.78 is 5.47. The van der Waals surface area contributed by atoms with Crippen molar-refractivity contribution in [2.75, 3.05) is 18.1 Å². The number of carbonyl (C=O) groups excluding carboxylic acids is 1. The van der Waals surface area contributed by atoms with Crippen molar-refractivity contribution in [3.63, 3.8) is 0 Å². The maximum atomic E-state index is 12.7. The monoisotopic (exact) mass is 497 g/mol. The number of amidine groups is 1. The topological polar surface area (TPSA) is 53.9 Å². The molecule has 0 aromatic heterocycles. The van der Waals surface area contributed by atoms with Crippen molar-refractivity contribution in [2.45, 2.75) is 58.9 Å². The third-order valence-corrected chi connectivity index (χ3v) is 7.50. The highest BCUT2D eigenvalue weighted by molar-refractivity contribution is 8.18. The Kier molecular flexibility index (Phi) is 7.29. The zero-order valence-electron chi connectivity index (χ0n) is 20.4. The van der Waals surface area contributed by atoms with E-state index in [9.17, 15) is 4.79 Å². The van der Waals surface area contributed by atoms with Gasteiger partial charge < -0.3 is 15.0 Å². The highest BCUT2D eigenvalue weighted by Gasteiger charge is 2.36. The van der Waals surface area contributed by atoms with Crippen molar-refractivity contribution in [2.24, 2.45) is 4.99 Å². The molecule has 2 aromatic rings. The summed E-state index contributed by atoms with van der Waals surface area (Å²) in [7, 11) is 0. The van der Waals surface area contributed by atoms with Crippen LogP contribution in [0.3, 0.4) is 0 Å². The number of ether oxygens (including phenoxy) is 1. The number of fused-ring (bicyclic) bond motifs is 1. The number of nitrogens with zero attached hydrogens (tertiary/aromatic N) is 2. The fourth-order valence-electron chi connectivity index (χ4n) is 4.80. The van der Waals surface area contributed by atoms with Gasteiger partial charge in [-0.2, -0.15) is 0 Å². The number of amides is 1. The van der Waals surface area contributed by atoms with Crippen LogP contribution in [-0.2, 0) is 4.79 Å². The number of anilines is 1. The summed E-state index contributed by atoms with van der Waals surface area (Å²) in [6, 6.07) is 11.7. The van der Waals surface area contributed by atoms with E-state index in [-0.39, 0.29) is 11.4 Å². The van der Waals surface area contributed by atoms with Crippen molar-refractivity contribution in [3.8, 4) is 5.75 Å². The van der Waals surface area contributed by atoms with Crippen LogP contribution >= 0.6 is 23.4 Å². The lowest BCUT2D eigenvalue weighted by atomic mass is 9.79. The molecule has 2 aliphatic rings. The van der Waals surface area contributed by atoms with Gasteiger partial charge in [0, 0.05) is 22.8 Å². The lowest BCUT2D eigenvalue weighted by Crippen LogP contribution is -2.48. The van der Waals surface area contributed by atoms with Crippen molar-refractivity contribution < 1.29 is 9.53 Å². The van der Waals surface area contributed by atoms with E-state index in [4.69, 9.17) is 16.3 Å². The highest BCUT2D eigenvalue weighted by atomic mass is 35.5. The van der Waals surface area contributed by atoms with Crippen LogP contribution in [0.1, 0.15) is 64.5 Å². The molecule has 180 valence electrons. The Morgan fingerprint density at radius 2 is 2.00 bits per heavy atom. The van der Waals surface area contributed by atoms with Crippen LogP contribution in [-0.4, -0.2) is 29.8 Å². The first-order valence-electron chi connectivity index (χ1n) is 11.9. The van der Waals surface area contributed by atoms with E-state index in [2.05, 4.69) is 55.0 Å². The van der Waals surface area contributed by atoms with Gasteiger partial charge in [0.2, 0.25) is 0 Å². The van der Waals surface area contributed by atoms with Gasteiger partial charge >= 0.3 is 0 Å². The molecule has 1 unspecified atom stereocenters. The molecule has 2 aromatic carbocycles. The minimum absolute atomic E-state index is 0.0825. The van der Waals surface area contributed by atoms with Crippen LogP contribution in [0.4, 0.5) is 11.4 Å². The van der Waals surface area contributed by atoms with Crippen LogP contribution in [0.25, 0.3) is 6.08 Å². The van der Waals surface area contributed by atoms with Crippen LogP contribution in [0.15, 0.2) is 46.3 Å². The van der Waals surface area contributed by atoms with E-state index >= 15 is 0 Å². The minimum Gasteiger partial charge on any atom is -0.494 e. The quantitative estimate of drug-likeness (QED) is 0.431. The van der Waals surface area contributed by atoms with Crippen molar-refractivity contribution in [1.82, 2.24) is 5.32 Å². The molecule has 34 heavy (non-hydrogen) atoms. The molecule has 2 aliphatic heterocycles. The molecule has 7 heteroatoms. The Hall–Kier alpha value is -2.44. The van der Waals surface area contributed by atoms with Crippen LogP contribution < -0.4 is 15.0 Å². The van der Waals surface area contributed by atoms with Gasteiger partial charge in [0.25, 0.3) is 5.91 Å². The molecule has 0 aliphatic carbocycles. The van der Waals surface area contributed by atoms with Gasteiger partial charge in [0.05, 0.1) is 17.2 Å². The number of carbonyl (C=O) groups is 1. The SMILES string of the molecule is CCCN1c2cc(Cl)c(/C=C3/SC(=Nc4ccc(OCC)cc4)NC3=O)cc2C(C)CC1(C)C. The predicted octanol–water partition coefficient (Wildman–Crippen LogP) is 7.13. The molecule has 0 radical (unpaired) electrons. The number of aliphatic imine (C=N–C) groups is 1. The maximum Gasteiger partial charge on any atom is 0.264 e. The van der Waals surface area contributed by atoms with Crippen LogP contribution in [0.2, 0.25) is 5.02 Å². The predicted molar refractivity (Wildman–Crippen MR) is 145 cm³/mol. The molecule has 1 amide bonds. The number of hydrogen-bond donors (Lipinski definition) is 1. The fourth-order valence-corrected chi connectivity index (χ4v) is 5.85. The third kappa shape index (κ3) is 5.13. The number of halogens is 1. The molecule has 5 nitrogen and oxygen atoms in total. The molecule has 0 bridgehead atoms. The van der Waals surface area contributed by atoms with E-state index in [0.29, 0.717) is 27.6 Å². The maximum absolute atomic E-state index is 12.7. The van der Waals surface area contributed by atoms with Gasteiger partial charge in [-0.15, -0.1) is 0 Å². The Morgan fingerprint density at radius 3 is 2.68 bits per heavy atom. The van der Waals surface area contributed by atoms with E-state index in [1.807, 2.05) is 37.3 Å². The molecule has 0 saturated carbocycles. The van der Waals surface area contributed by atoms with Crippen LogP contribution in [0, 0.1) is 0 Å². The zero-order chi connectivity index (χ0) is 24.5. The molecule has 1 atom stereocenters. The van der Waals surface area contributed by atoms with Crippen molar-refractivity contribution in [1.29, 1.82) is 0 Å². The fraction of sp³-hybridized carbons (Fsp3) is 0.407. The van der Waals surface area contributed by atoms with Gasteiger partial charge in [-0.05, 0) is 105 Å². The highest BCUT2D eigenvalue weighted by Crippen LogP contribution is 2.45. The summed E-state index contributed by atoms with van der Waals surface area (Å²) in [6.45, 7) is 12.6. The molecule has 2 heterocycles. The summed E-state index contributed by atoms with van der Waals surface area (Å²) in [6.07, 6.45) is 4.03. The van der Waals surface area contributed by atoms with Crippen LogP contribution in [0.5, 0.6) is 5.75 Å².